The molecule has 0 saturated carbocycles. The predicted octanol–water partition coefficient (Wildman–Crippen LogP) is 1.41. The molecule has 25 heavy (non-hydrogen) atoms. The fourth-order valence-electron chi connectivity index (χ4n) is 3.31. The van der Waals surface area contributed by atoms with Gasteiger partial charge < -0.3 is 10.4 Å². The van der Waals surface area contributed by atoms with E-state index < -0.39 is 5.54 Å². The van der Waals surface area contributed by atoms with Crippen LogP contribution in [0.25, 0.3) is 0 Å². The number of nitrogens with one attached hydrogen (secondary N) is 2. The first-order valence-electron chi connectivity index (χ1n) is 8.44. The first-order chi connectivity index (χ1) is 12.1. The summed E-state index contributed by atoms with van der Waals surface area (Å²) in [4.78, 5) is 24.1. The molecule has 0 aliphatic heterocycles. The zero-order valence-electron chi connectivity index (χ0n) is 14.0. The van der Waals surface area contributed by atoms with Crippen LogP contribution in [0, 0.1) is 0 Å². The molecule has 130 valence electrons. The lowest BCUT2D eigenvalue weighted by atomic mass is 9.92. The number of aryl methyl sites for hydroxylation is 1. The number of benzene rings is 2. The molecule has 0 aromatic heterocycles. The minimum absolute atomic E-state index is 0.0345. The standard InChI is InChI=1S/C20H22N2O3/c23-14-20(11-10-15-6-4-5-9-17(15)20)22-13-19(25)21-12-18(24)16-7-2-1-3-8-16/h1-9,22-23H,10-14H2,(H,21,25). The minimum atomic E-state index is -0.586. The van der Waals surface area contributed by atoms with Crippen LogP contribution in [0.15, 0.2) is 54.6 Å². The van der Waals surface area contributed by atoms with E-state index >= 15 is 0 Å². The zero-order valence-corrected chi connectivity index (χ0v) is 14.0. The molecule has 5 nitrogen and oxygen atoms in total. The average Bonchev–Trinajstić information content (AvgIpc) is 3.04. The highest BCUT2D eigenvalue weighted by Crippen LogP contribution is 2.36. The van der Waals surface area contributed by atoms with Gasteiger partial charge in [0.05, 0.1) is 25.2 Å². The minimum Gasteiger partial charge on any atom is -0.394 e. The first kappa shape index (κ1) is 17.3. The largest absolute Gasteiger partial charge is 0.394 e. The van der Waals surface area contributed by atoms with E-state index in [2.05, 4.69) is 10.6 Å². The van der Waals surface area contributed by atoms with Gasteiger partial charge in [0.1, 0.15) is 0 Å². The van der Waals surface area contributed by atoms with Gasteiger partial charge in [0.2, 0.25) is 5.91 Å². The molecule has 0 spiro atoms. The Bertz CT molecular complexity index is 761. The first-order valence-corrected chi connectivity index (χ1v) is 8.44. The third-order valence-corrected chi connectivity index (χ3v) is 4.75. The smallest absolute Gasteiger partial charge is 0.234 e. The monoisotopic (exact) mass is 338 g/mol. The van der Waals surface area contributed by atoms with Crippen LogP contribution in [0.1, 0.15) is 27.9 Å². The summed E-state index contributed by atoms with van der Waals surface area (Å²) in [5.74, 6) is -0.390. The van der Waals surface area contributed by atoms with Crippen LogP contribution in [0.5, 0.6) is 0 Å². The Morgan fingerprint density at radius 2 is 1.72 bits per heavy atom. The van der Waals surface area contributed by atoms with Gasteiger partial charge >= 0.3 is 0 Å². The number of hydrogen-bond acceptors (Lipinski definition) is 4. The number of carbonyl (C=O) groups excluding carboxylic acids is 2. The van der Waals surface area contributed by atoms with Crippen molar-refractivity contribution in [3.8, 4) is 0 Å². The summed E-state index contributed by atoms with van der Waals surface area (Å²) in [7, 11) is 0. The second-order valence-electron chi connectivity index (χ2n) is 6.32. The van der Waals surface area contributed by atoms with E-state index in [1.807, 2.05) is 30.3 Å². The lowest BCUT2D eigenvalue weighted by Crippen LogP contribution is -2.48. The van der Waals surface area contributed by atoms with Crippen LogP contribution in [0.3, 0.4) is 0 Å². The molecule has 0 saturated heterocycles. The third-order valence-electron chi connectivity index (χ3n) is 4.75. The summed E-state index contributed by atoms with van der Waals surface area (Å²) in [6.45, 7) is -0.0511. The molecule has 0 fully saturated rings. The van der Waals surface area contributed by atoms with Crippen LogP contribution in [0.2, 0.25) is 0 Å². The molecule has 0 heterocycles. The van der Waals surface area contributed by atoms with Crippen molar-refractivity contribution in [2.24, 2.45) is 0 Å². The van der Waals surface area contributed by atoms with Crippen molar-refractivity contribution in [3.63, 3.8) is 0 Å². The zero-order chi connectivity index (χ0) is 17.7. The molecule has 1 aliphatic carbocycles. The summed E-state index contributed by atoms with van der Waals surface area (Å²) in [6.07, 6.45) is 1.62. The Labute approximate surface area is 147 Å². The number of amides is 1. The molecule has 1 amide bonds. The number of ketones is 1. The Balaban J connectivity index is 1.55. The highest BCUT2D eigenvalue weighted by atomic mass is 16.3. The van der Waals surface area contributed by atoms with Gasteiger partial charge in [-0.05, 0) is 24.0 Å². The number of rotatable bonds is 7. The van der Waals surface area contributed by atoms with Gasteiger partial charge in [-0.15, -0.1) is 0 Å². The molecule has 3 rings (SSSR count). The number of Topliss-reactive ketones (excluding diaryl/α,β-unsaturated/α-hetero) is 1. The van der Waals surface area contributed by atoms with E-state index in [0.29, 0.717) is 5.56 Å². The second-order valence-corrected chi connectivity index (χ2v) is 6.32. The Hall–Kier alpha value is -2.50. The summed E-state index contributed by atoms with van der Waals surface area (Å²) in [5, 5.41) is 15.7. The van der Waals surface area contributed by atoms with Crippen molar-refractivity contribution in [1.29, 1.82) is 0 Å². The second kappa shape index (κ2) is 7.59. The molecule has 2 aromatic carbocycles. The van der Waals surface area contributed by atoms with Gasteiger partial charge in [0, 0.05) is 5.56 Å². The number of aliphatic hydroxyl groups excluding tert-OH is 1. The molecular formula is C20H22N2O3. The molecule has 5 heteroatoms. The van der Waals surface area contributed by atoms with Crippen molar-refractivity contribution in [2.75, 3.05) is 19.7 Å². The van der Waals surface area contributed by atoms with Crippen LogP contribution in [0.4, 0.5) is 0 Å². The van der Waals surface area contributed by atoms with Crippen molar-refractivity contribution in [2.45, 2.75) is 18.4 Å². The average molecular weight is 338 g/mol. The molecular weight excluding hydrogens is 316 g/mol. The molecule has 0 bridgehead atoms. The fourth-order valence-corrected chi connectivity index (χ4v) is 3.31. The number of aliphatic hydroxyl groups is 1. The van der Waals surface area contributed by atoms with Crippen LogP contribution >= 0.6 is 0 Å². The summed E-state index contributed by atoms with van der Waals surface area (Å²) < 4.78 is 0. The molecule has 1 aliphatic rings. The molecule has 3 N–H and O–H groups in total. The SMILES string of the molecule is O=C(CNC1(CO)CCc2ccccc21)NCC(=O)c1ccccc1. The quantitative estimate of drug-likeness (QED) is 0.667. The van der Waals surface area contributed by atoms with Crippen molar-refractivity contribution >= 4 is 11.7 Å². The van der Waals surface area contributed by atoms with Gasteiger partial charge in [-0.2, -0.15) is 0 Å². The predicted molar refractivity (Wildman–Crippen MR) is 95.3 cm³/mol. The highest BCUT2D eigenvalue weighted by molar-refractivity contribution is 5.99. The number of carbonyl (C=O) groups is 2. The van der Waals surface area contributed by atoms with Gasteiger partial charge in [0.25, 0.3) is 0 Å². The maximum atomic E-state index is 12.1. The summed E-state index contributed by atoms with van der Waals surface area (Å²) in [6, 6.07) is 16.8. The Morgan fingerprint density at radius 3 is 2.48 bits per heavy atom. The van der Waals surface area contributed by atoms with Crippen molar-refractivity contribution < 1.29 is 14.7 Å². The lowest BCUT2D eigenvalue weighted by Gasteiger charge is -2.29. The summed E-state index contributed by atoms with van der Waals surface area (Å²) in [5.41, 5.74) is 2.24. The highest BCUT2D eigenvalue weighted by Gasteiger charge is 2.37. The summed E-state index contributed by atoms with van der Waals surface area (Å²) >= 11 is 0. The maximum absolute atomic E-state index is 12.1. The van der Waals surface area contributed by atoms with Gasteiger partial charge in [-0.3, -0.25) is 14.9 Å². The van der Waals surface area contributed by atoms with Gasteiger partial charge in [0.15, 0.2) is 5.78 Å². The molecule has 1 unspecified atom stereocenters. The van der Waals surface area contributed by atoms with Crippen molar-refractivity contribution in [1.82, 2.24) is 10.6 Å². The molecule has 1 atom stereocenters. The van der Waals surface area contributed by atoms with Crippen LogP contribution in [-0.4, -0.2) is 36.5 Å². The van der Waals surface area contributed by atoms with Gasteiger partial charge in [-0.1, -0.05) is 54.6 Å². The van der Waals surface area contributed by atoms with Crippen LogP contribution < -0.4 is 10.6 Å². The van der Waals surface area contributed by atoms with E-state index in [1.165, 1.54) is 5.56 Å². The van der Waals surface area contributed by atoms with E-state index in [9.17, 15) is 14.7 Å². The lowest BCUT2D eigenvalue weighted by molar-refractivity contribution is -0.120. The number of hydrogen-bond donors (Lipinski definition) is 3. The number of fused-ring (bicyclic) bond motifs is 1. The third kappa shape index (κ3) is 3.78. The van der Waals surface area contributed by atoms with Crippen molar-refractivity contribution in [3.05, 3.63) is 71.3 Å². The fraction of sp³-hybridized carbons (Fsp3) is 0.300. The Kier molecular flexibility index (Phi) is 5.26. The maximum Gasteiger partial charge on any atom is 0.234 e. The van der Waals surface area contributed by atoms with E-state index in [4.69, 9.17) is 0 Å². The van der Waals surface area contributed by atoms with E-state index in [1.54, 1.807) is 24.3 Å². The molecule has 2 aromatic rings. The Morgan fingerprint density at radius 1 is 1.00 bits per heavy atom. The normalized spacial score (nSPS) is 18.6. The van der Waals surface area contributed by atoms with E-state index in [-0.39, 0.29) is 31.4 Å². The molecule has 0 radical (unpaired) electrons. The topological polar surface area (TPSA) is 78.4 Å². The van der Waals surface area contributed by atoms with Crippen LogP contribution in [-0.2, 0) is 16.8 Å². The van der Waals surface area contributed by atoms with E-state index in [0.717, 1.165) is 18.4 Å². The van der Waals surface area contributed by atoms with Gasteiger partial charge in [-0.25, -0.2) is 0 Å².